The van der Waals surface area contributed by atoms with Crippen LogP contribution in [0.15, 0.2) is 35.4 Å². The Morgan fingerprint density at radius 3 is 2.65 bits per heavy atom. The molecule has 2 aromatic heterocycles. The van der Waals surface area contributed by atoms with Gasteiger partial charge >= 0.3 is 13.5 Å². The number of hydrogen-bond donors (Lipinski definition) is 6. The second kappa shape index (κ2) is 9.72. The average molecular weight is 517 g/mol. The molecule has 3 heterocycles. The van der Waals surface area contributed by atoms with Gasteiger partial charge in [0, 0.05) is 5.02 Å². The number of aromatic nitrogens is 4. The number of aromatic amines is 1. The Morgan fingerprint density at radius 1 is 1.26 bits per heavy atom. The zero-order chi connectivity index (χ0) is 24.6. The Morgan fingerprint density at radius 2 is 1.97 bits per heavy atom. The maximum Gasteiger partial charge on any atom is 0.469 e. The SMILES string of the molecule is Nc1nc2c(c(=O)[nH]1)n(CCCc1ccc(Cl)cc1)c[n+]2[C@@H]1O[C@H](COP(=O)(O)O)[C@@H](O)[C@H]1O. The zero-order valence-electron chi connectivity index (χ0n) is 17.7. The fourth-order valence-electron chi connectivity index (χ4n) is 3.90. The third-order valence-corrected chi connectivity index (χ3v) is 6.22. The zero-order valence-corrected chi connectivity index (χ0v) is 19.3. The molecule has 34 heavy (non-hydrogen) atoms. The predicted molar refractivity (Wildman–Crippen MR) is 119 cm³/mol. The fraction of sp³-hybridized carbons (Fsp3) is 0.421. The Bertz CT molecular complexity index is 1280. The molecule has 0 saturated carbocycles. The molecule has 13 nitrogen and oxygen atoms in total. The lowest BCUT2D eigenvalue weighted by atomic mass is 10.1. The number of aryl methyl sites for hydroxylation is 2. The van der Waals surface area contributed by atoms with E-state index in [0.717, 1.165) is 5.56 Å². The van der Waals surface area contributed by atoms with Crippen LogP contribution in [-0.2, 0) is 26.8 Å². The number of benzene rings is 1. The van der Waals surface area contributed by atoms with Crippen LogP contribution in [-0.4, -0.2) is 59.5 Å². The van der Waals surface area contributed by atoms with Crippen LogP contribution in [0.3, 0.4) is 0 Å². The van der Waals surface area contributed by atoms with E-state index in [4.69, 9.17) is 31.9 Å². The summed E-state index contributed by atoms with van der Waals surface area (Å²) < 4.78 is 24.0. The summed E-state index contributed by atoms with van der Waals surface area (Å²) in [5.74, 6) is -0.153. The maximum atomic E-state index is 12.7. The first-order chi connectivity index (χ1) is 16.0. The highest BCUT2D eigenvalue weighted by atomic mass is 35.5. The molecule has 1 aliphatic rings. The summed E-state index contributed by atoms with van der Waals surface area (Å²) in [4.78, 5) is 37.1. The largest absolute Gasteiger partial charge is 0.469 e. The summed E-state index contributed by atoms with van der Waals surface area (Å²) in [5.41, 5.74) is 6.58. The van der Waals surface area contributed by atoms with Gasteiger partial charge in [-0.1, -0.05) is 28.7 Å². The molecule has 1 aromatic carbocycles. The van der Waals surface area contributed by atoms with E-state index in [-0.39, 0.29) is 17.1 Å². The highest BCUT2D eigenvalue weighted by Gasteiger charge is 2.47. The van der Waals surface area contributed by atoms with Gasteiger partial charge in [0.05, 0.1) is 13.2 Å². The Kier molecular flexibility index (Phi) is 7.08. The average Bonchev–Trinajstić information content (AvgIpc) is 3.25. The van der Waals surface area contributed by atoms with Crippen molar-refractivity contribution < 1.29 is 38.4 Å². The number of aliphatic hydroxyl groups excluding tert-OH is 2. The molecule has 0 radical (unpaired) electrons. The van der Waals surface area contributed by atoms with Gasteiger partial charge < -0.3 is 30.5 Å². The normalized spacial score (nSPS) is 23.1. The molecule has 4 atom stereocenters. The smallest absolute Gasteiger partial charge is 0.387 e. The summed E-state index contributed by atoms with van der Waals surface area (Å²) in [7, 11) is -4.81. The van der Waals surface area contributed by atoms with E-state index in [9.17, 15) is 19.6 Å². The highest BCUT2D eigenvalue weighted by Crippen LogP contribution is 2.37. The van der Waals surface area contributed by atoms with Gasteiger partial charge in [-0.25, -0.2) is 9.13 Å². The minimum Gasteiger partial charge on any atom is -0.387 e. The first-order valence-corrected chi connectivity index (χ1v) is 12.2. The van der Waals surface area contributed by atoms with Crippen LogP contribution in [0, 0.1) is 0 Å². The number of nitrogens with two attached hydrogens (primary N) is 1. The molecule has 184 valence electrons. The van der Waals surface area contributed by atoms with E-state index >= 15 is 0 Å². The predicted octanol–water partition coefficient (Wildman–Crippen LogP) is -0.391. The number of nitrogen functional groups attached to an aromatic ring is 1. The van der Waals surface area contributed by atoms with Gasteiger partial charge in [0.25, 0.3) is 11.5 Å². The standard InChI is InChI=1S/C19H23ClN5O8P/c20-11-5-3-10(4-6-11)2-1-7-24-9-25(16-13(24)17(28)23-19(21)22-16)18-15(27)14(26)12(33-18)8-32-34(29,30)31/h3-6,9,12,14-15,18,26-27H,1-2,7-8H2,(H4-,21,22,23,28,29,30,31)/p+1/t12-,14-,15-,18-/m1/s1. The fourth-order valence-corrected chi connectivity index (χ4v) is 4.37. The molecule has 0 unspecified atom stereocenters. The highest BCUT2D eigenvalue weighted by molar-refractivity contribution is 7.46. The summed E-state index contributed by atoms with van der Waals surface area (Å²) in [6.07, 6.45) is -2.57. The number of halogens is 1. The Labute approximate surface area is 197 Å². The molecule has 15 heteroatoms. The van der Waals surface area contributed by atoms with Crippen LogP contribution in [0.1, 0.15) is 18.2 Å². The van der Waals surface area contributed by atoms with Crippen molar-refractivity contribution >= 4 is 36.5 Å². The first kappa shape index (κ1) is 24.8. The number of rotatable bonds is 8. The summed E-state index contributed by atoms with van der Waals surface area (Å²) in [6.45, 7) is -0.244. The van der Waals surface area contributed by atoms with Crippen molar-refractivity contribution in [2.75, 3.05) is 12.3 Å². The summed E-state index contributed by atoms with van der Waals surface area (Å²) in [6, 6.07) is 7.42. The van der Waals surface area contributed by atoms with Gasteiger partial charge in [-0.05, 0) is 30.5 Å². The number of ether oxygens (including phenoxy) is 1. The first-order valence-electron chi connectivity index (χ1n) is 10.3. The quantitative estimate of drug-likeness (QED) is 0.169. The molecule has 0 bridgehead atoms. The van der Waals surface area contributed by atoms with Gasteiger partial charge in [0.15, 0.2) is 6.33 Å². The van der Waals surface area contributed by atoms with Crippen LogP contribution < -0.4 is 15.9 Å². The molecule has 0 spiro atoms. The molecule has 0 aliphatic carbocycles. The number of hydrogen-bond acceptors (Lipinski definition) is 8. The molecular formula is C19H24ClN5O8P+. The molecule has 7 N–H and O–H groups in total. The number of phosphoric acid groups is 1. The third kappa shape index (κ3) is 5.32. The lowest BCUT2D eigenvalue weighted by molar-refractivity contribution is -0.746. The summed E-state index contributed by atoms with van der Waals surface area (Å²) >= 11 is 5.92. The van der Waals surface area contributed by atoms with E-state index in [0.29, 0.717) is 24.4 Å². The van der Waals surface area contributed by atoms with E-state index in [1.807, 2.05) is 12.1 Å². The lowest BCUT2D eigenvalue weighted by Gasteiger charge is -2.14. The number of nitrogens with one attached hydrogen (secondary N) is 1. The van der Waals surface area contributed by atoms with Crippen molar-refractivity contribution in [1.29, 1.82) is 0 Å². The maximum absolute atomic E-state index is 12.7. The minimum atomic E-state index is -4.81. The molecule has 1 fully saturated rings. The Balaban J connectivity index is 1.60. The van der Waals surface area contributed by atoms with Crippen LogP contribution >= 0.6 is 19.4 Å². The van der Waals surface area contributed by atoms with Crippen molar-refractivity contribution in [2.45, 2.75) is 43.9 Å². The molecule has 4 rings (SSSR count). The van der Waals surface area contributed by atoms with Crippen LogP contribution in [0.5, 0.6) is 0 Å². The number of aliphatic hydroxyl groups is 2. The Hall–Kier alpha value is -2.35. The van der Waals surface area contributed by atoms with Gasteiger partial charge in [0.1, 0.15) is 18.3 Å². The molecule has 1 saturated heterocycles. The number of nitrogens with zero attached hydrogens (tertiary/aromatic N) is 3. The molecule has 0 amide bonds. The number of fused-ring (bicyclic) bond motifs is 1. The molecule has 1 aliphatic heterocycles. The van der Waals surface area contributed by atoms with Crippen molar-refractivity contribution in [3.8, 4) is 0 Å². The van der Waals surface area contributed by atoms with Crippen LogP contribution in [0.25, 0.3) is 11.2 Å². The van der Waals surface area contributed by atoms with Crippen molar-refractivity contribution in [2.24, 2.45) is 0 Å². The van der Waals surface area contributed by atoms with Crippen molar-refractivity contribution in [1.82, 2.24) is 14.5 Å². The molecule has 3 aromatic rings. The van der Waals surface area contributed by atoms with Gasteiger partial charge in [0.2, 0.25) is 11.7 Å². The van der Waals surface area contributed by atoms with Crippen LogP contribution in [0.2, 0.25) is 5.02 Å². The monoisotopic (exact) mass is 516 g/mol. The number of phosphoric ester groups is 1. The van der Waals surface area contributed by atoms with Crippen molar-refractivity contribution in [3.63, 3.8) is 0 Å². The second-order valence-corrected chi connectivity index (χ2v) is 9.58. The van der Waals surface area contributed by atoms with Gasteiger partial charge in [-0.2, -0.15) is 0 Å². The van der Waals surface area contributed by atoms with E-state index < -0.39 is 44.5 Å². The van der Waals surface area contributed by atoms with Gasteiger partial charge in [-0.15, -0.1) is 0 Å². The topological polar surface area (TPSA) is 197 Å². The lowest BCUT2D eigenvalue weighted by Crippen LogP contribution is -2.46. The van der Waals surface area contributed by atoms with E-state index in [2.05, 4.69) is 14.5 Å². The number of anilines is 1. The third-order valence-electron chi connectivity index (χ3n) is 5.49. The van der Waals surface area contributed by atoms with Crippen molar-refractivity contribution in [3.05, 3.63) is 51.5 Å². The van der Waals surface area contributed by atoms with Gasteiger partial charge in [-0.3, -0.25) is 18.9 Å². The van der Waals surface area contributed by atoms with E-state index in [1.54, 1.807) is 16.7 Å². The number of H-pyrrole nitrogens is 1. The number of imidazole rings is 1. The summed E-state index contributed by atoms with van der Waals surface area (Å²) in [5, 5.41) is 21.5. The van der Waals surface area contributed by atoms with E-state index in [1.165, 1.54) is 10.9 Å². The molecular weight excluding hydrogens is 493 g/mol. The van der Waals surface area contributed by atoms with Crippen LogP contribution in [0.4, 0.5) is 5.95 Å². The second-order valence-electron chi connectivity index (χ2n) is 7.90. The minimum absolute atomic E-state index is 0.112.